The molecule has 0 fully saturated rings. The molecular weight excluding hydrogens is 278 g/mol. The highest BCUT2D eigenvalue weighted by Crippen LogP contribution is 2.20. The van der Waals surface area contributed by atoms with Crippen molar-refractivity contribution < 1.29 is 14.6 Å². The lowest BCUT2D eigenvalue weighted by Gasteiger charge is -2.14. The number of allylic oxidation sites excluding steroid dienone is 3. The molecule has 4 heteroatoms. The van der Waals surface area contributed by atoms with Gasteiger partial charge in [-0.1, -0.05) is 18.2 Å². The van der Waals surface area contributed by atoms with Gasteiger partial charge in [0.25, 0.3) is 0 Å². The molecule has 1 atom stereocenters. The lowest BCUT2D eigenvalue weighted by atomic mass is 10.0. The molecule has 1 aliphatic heterocycles. The van der Waals surface area contributed by atoms with Crippen LogP contribution < -0.4 is 0 Å². The van der Waals surface area contributed by atoms with Crippen molar-refractivity contribution in [2.45, 2.75) is 38.7 Å². The largest absolute Gasteiger partial charge is 0.508 e. The van der Waals surface area contributed by atoms with Gasteiger partial charge in [0.1, 0.15) is 11.9 Å². The smallest absolute Gasteiger partial charge is 0.338 e. The third-order valence-electron chi connectivity index (χ3n) is 3.45. The number of fused-ring (bicyclic) bond motifs is 1. The maximum absolute atomic E-state index is 12.3. The van der Waals surface area contributed by atoms with Gasteiger partial charge in [0.15, 0.2) is 0 Å². The van der Waals surface area contributed by atoms with E-state index < -0.39 is 5.97 Å². The maximum atomic E-state index is 12.3. The fraction of sp³-hybridized carbons (Fsp3) is 0.333. The van der Waals surface area contributed by atoms with Gasteiger partial charge in [-0.3, -0.25) is 0 Å². The molecule has 2 rings (SSSR count). The highest BCUT2D eigenvalue weighted by atomic mass is 16.5. The number of phenolic OH excluding ortho intramolecular Hbond substituents is 1. The molecule has 0 saturated carbocycles. The minimum atomic E-state index is -0.412. The topological polar surface area (TPSA) is 70.4 Å². The molecule has 1 aromatic carbocycles. The van der Waals surface area contributed by atoms with Crippen LogP contribution in [0.25, 0.3) is 0 Å². The summed E-state index contributed by atoms with van der Waals surface area (Å²) in [6.45, 7) is 1.86. The van der Waals surface area contributed by atoms with E-state index in [9.17, 15) is 9.90 Å². The molecule has 1 heterocycles. The summed E-state index contributed by atoms with van der Waals surface area (Å²) >= 11 is 0. The van der Waals surface area contributed by atoms with Crippen LogP contribution in [-0.2, 0) is 11.2 Å². The van der Waals surface area contributed by atoms with E-state index in [0.29, 0.717) is 29.7 Å². The second-order valence-electron chi connectivity index (χ2n) is 5.45. The van der Waals surface area contributed by atoms with Crippen LogP contribution >= 0.6 is 0 Å². The molecule has 0 saturated heterocycles. The summed E-state index contributed by atoms with van der Waals surface area (Å²) in [6, 6.07) is 4.54. The molecule has 1 unspecified atom stereocenters. The molecule has 2 N–H and O–H groups in total. The summed E-state index contributed by atoms with van der Waals surface area (Å²) in [6.07, 6.45) is 10.3. The molecule has 4 nitrogen and oxygen atoms in total. The molecule has 0 aromatic heterocycles. The molecule has 22 heavy (non-hydrogen) atoms. The van der Waals surface area contributed by atoms with Crippen LogP contribution in [0.5, 0.6) is 5.75 Å². The first-order valence-electron chi connectivity index (χ1n) is 7.48. The summed E-state index contributed by atoms with van der Waals surface area (Å²) in [4.78, 5) is 12.3. The lowest BCUT2D eigenvalue weighted by Crippen LogP contribution is -2.16. The molecule has 1 aliphatic rings. The number of rotatable bonds is 0. The van der Waals surface area contributed by atoms with Crippen molar-refractivity contribution in [2.24, 2.45) is 0 Å². The number of esters is 1. The summed E-state index contributed by atoms with van der Waals surface area (Å²) < 4.78 is 5.44. The second-order valence-corrected chi connectivity index (χ2v) is 5.45. The van der Waals surface area contributed by atoms with Crippen molar-refractivity contribution in [3.63, 3.8) is 0 Å². The fourth-order valence-electron chi connectivity index (χ4n) is 2.31. The van der Waals surface area contributed by atoms with E-state index in [1.165, 1.54) is 12.1 Å². The van der Waals surface area contributed by atoms with E-state index in [-0.39, 0.29) is 11.9 Å². The van der Waals surface area contributed by atoms with Crippen LogP contribution in [-0.4, -0.2) is 22.9 Å². The van der Waals surface area contributed by atoms with Gasteiger partial charge in [-0.15, -0.1) is 0 Å². The van der Waals surface area contributed by atoms with E-state index in [1.807, 2.05) is 19.1 Å². The molecule has 0 radical (unpaired) electrons. The van der Waals surface area contributed by atoms with Crippen molar-refractivity contribution >= 4 is 11.7 Å². The Balaban J connectivity index is 2.31. The predicted octanol–water partition coefficient (Wildman–Crippen LogP) is 3.80. The van der Waals surface area contributed by atoms with Crippen LogP contribution in [0.1, 0.15) is 42.1 Å². The Kier molecular flexibility index (Phi) is 5.53. The number of nitrogens with one attached hydrogen (secondary N) is 1. The van der Waals surface area contributed by atoms with E-state index in [0.717, 1.165) is 12.8 Å². The Bertz CT molecular complexity index is 617. The molecular formula is C18H21NO3. The van der Waals surface area contributed by atoms with Crippen molar-refractivity contribution in [1.82, 2.24) is 0 Å². The maximum Gasteiger partial charge on any atom is 0.338 e. The third-order valence-corrected chi connectivity index (χ3v) is 3.45. The number of benzene rings is 1. The molecule has 0 aliphatic carbocycles. The minimum Gasteiger partial charge on any atom is -0.508 e. The van der Waals surface area contributed by atoms with Crippen LogP contribution in [0, 0.1) is 5.41 Å². The number of phenols is 1. The normalized spacial score (nSPS) is 23.0. The van der Waals surface area contributed by atoms with Gasteiger partial charge in [-0.05, 0) is 49.6 Å². The van der Waals surface area contributed by atoms with Gasteiger partial charge in [-0.2, -0.15) is 0 Å². The number of cyclic esters (lactones) is 1. The number of aromatic hydroxyl groups is 1. The van der Waals surface area contributed by atoms with Crippen molar-refractivity contribution in [1.29, 1.82) is 5.41 Å². The zero-order valence-electron chi connectivity index (χ0n) is 12.7. The summed E-state index contributed by atoms with van der Waals surface area (Å²) in [5.41, 5.74) is 1.41. The Morgan fingerprint density at radius 3 is 2.82 bits per heavy atom. The number of hydrogen-bond acceptors (Lipinski definition) is 4. The molecule has 116 valence electrons. The van der Waals surface area contributed by atoms with Crippen LogP contribution in [0.15, 0.2) is 42.5 Å². The predicted molar refractivity (Wildman–Crippen MR) is 86.5 cm³/mol. The van der Waals surface area contributed by atoms with E-state index >= 15 is 0 Å². The minimum absolute atomic E-state index is 0.0837. The first-order chi connectivity index (χ1) is 10.6. The Morgan fingerprint density at radius 2 is 2.00 bits per heavy atom. The quantitative estimate of drug-likeness (QED) is 0.565. The lowest BCUT2D eigenvalue weighted by molar-refractivity contribution is 0.0347. The second kappa shape index (κ2) is 7.59. The Labute approximate surface area is 130 Å². The zero-order chi connectivity index (χ0) is 15.9. The van der Waals surface area contributed by atoms with Crippen molar-refractivity contribution in [2.75, 3.05) is 0 Å². The average Bonchev–Trinajstić information content (AvgIpc) is 2.45. The Morgan fingerprint density at radius 1 is 1.23 bits per heavy atom. The van der Waals surface area contributed by atoms with Crippen LogP contribution in [0.2, 0.25) is 0 Å². The van der Waals surface area contributed by atoms with Crippen LogP contribution in [0.4, 0.5) is 0 Å². The molecule has 0 bridgehead atoms. The number of carbonyl (C=O) groups excluding carboxylic acids is 1. The fourth-order valence-corrected chi connectivity index (χ4v) is 2.31. The third kappa shape index (κ3) is 4.58. The van der Waals surface area contributed by atoms with Gasteiger partial charge in [0.05, 0.1) is 5.56 Å². The SMILES string of the molecule is CC1C/C=C/CC/C=C/C(=N)Cc2cc(O)ccc2C(=O)O1. The summed E-state index contributed by atoms with van der Waals surface area (Å²) in [7, 11) is 0. The molecule has 0 amide bonds. The summed E-state index contributed by atoms with van der Waals surface area (Å²) in [5.74, 6) is -0.329. The molecule has 0 spiro atoms. The number of ether oxygens (including phenoxy) is 1. The average molecular weight is 299 g/mol. The highest BCUT2D eigenvalue weighted by Gasteiger charge is 2.16. The van der Waals surface area contributed by atoms with E-state index in [2.05, 4.69) is 6.08 Å². The number of hydrogen-bond donors (Lipinski definition) is 2. The van der Waals surface area contributed by atoms with E-state index in [4.69, 9.17) is 10.1 Å². The highest BCUT2D eigenvalue weighted by molar-refractivity contribution is 5.97. The first kappa shape index (κ1) is 16.0. The first-order valence-corrected chi connectivity index (χ1v) is 7.48. The van der Waals surface area contributed by atoms with Gasteiger partial charge in [0.2, 0.25) is 0 Å². The standard InChI is InChI=1S/C18H21NO3/c1-13-7-5-3-2-4-6-8-15(19)11-14-12-16(20)9-10-17(14)18(21)22-13/h3,5-6,8-10,12-13,19-20H,2,4,7,11H2,1H3/b5-3+,8-6+,19-15?. The van der Waals surface area contributed by atoms with Gasteiger partial charge < -0.3 is 15.3 Å². The van der Waals surface area contributed by atoms with Crippen molar-refractivity contribution in [3.05, 3.63) is 53.6 Å². The van der Waals surface area contributed by atoms with Crippen LogP contribution in [0.3, 0.4) is 0 Å². The zero-order valence-corrected chi connectivity index (χ0v) is 12.7. The van der Waals surface area contributed by atoms with Gasteiger partial charge in [0, 0.05) is 18.6 Å². The summed E-state index contributed by atoms with van der Waals surface area (Å²) in [5, 5.41) is 17.6. The van der Waals surface area contributed by atoms with Gasteiger partial charge in [-0.25, -0.2) is 4.79 Å². The Hall–Kier alpha value is -2.36. The monoisotopic (exact) mass is 299 g/mol. The number of carbonyl (C=O) groups is 1. The van der Waals surface area contributed by atoms with Crippen molar-refractivity contribution in [3.8, 4) is 5.75 Å². The van der Waals surface area contributed by atoms with E-state index in [1.54, 1.807) is 12.1 Å². The molecule has 1 aromatic rings. The van der Waals surface area contributed by atoms with Gasteiger partial charge >= 0.3 is 5.97 Å².